The van der Waals surface area contributed by atoms with Crippen molar-refractivity contribution in [2.75, 3.05) is 13.2 Å². The zero-order valence-electron chi connectivity index (χ0n) is 15.7. The van der Waals surface area contributed by atoms with Crippen LogP contribution in [0.4, 0.5) is 10.5 Å². The van der Waals surface area contributed by atoms with Gasteiger partial charge in [-0.05, 0) is 50.5 Å². The lowest BCUT2D eigenvalue weighted by Gasteiger charge is -2.19. The van der Waals surface area contributed by atoms with E-state index in [4.69, 9.17) is 9.47 Å². The van der Waals surface area contributed by atoms with Crippen molar-refractivity contribution in [3.8, 4) is 16.9 Å². The van der Waals surface area contributed by atoms with Crippen LogP contribution in [-0.4, -0.2) is 29.8 Å². The van der Waals surface area contributed by atoms with Gasteiger partial charge in [0.1, 0.15) is 11.4 Å². The van der Waals surface area contributed by atoms with E-state index >= 15 is 0 Å². The maximum Gasteiger partial charge on any atom is 0.407 e. The Kier molecular flexibility index (Phi) is 6.76. The van der Waals surface area contributed by atoms with Gasteiger partial charge >= 0.3 is 6.09 Å². The highest BCUT2D eigenvalue weighted by atomic mass is 16.6. The number of nitrogens with zero attached hydrogens (tertiary/aromatic N) is 1. The van der Waals surface area contributed by atoms with Crippen molar-refractivity contribution < 1.29 is 19.2 Å². The number of amides is 1. The van der Waals surface area contributed by atoms with E-state index in [2.05, 4.69) is 5.32 Å². The first-order valence-corrected chi connectivity index (χ1v) is 8.69. The van der Waals surface area contributed by atoms with Gasteiger partial charge in [-0.3, -0.25) is 10.1 Å². The lowest BCUT2D eigenvalue weighted by Crippen LogP contribution is -2.33. The number of alkyl carbamates (subject to hydrolysis) is 1. The summed E-state index contributed by atoms with van der Waals surface area (Å²) in [5.74, 6) is 0.663. The number of nitro groups is 1. The van der Waals surface area contributed by atoms with Crippen LogP contribution in [-0.2, 0) is 4.74 Å². The Bertz CT molecular complexity index is 799. The number of hydrogen-bond donors (Lipinski definition) is 1. The van der Waals surface area contributed by atoms with E-state index in [-0.39, 0.29) is 5.69 Å². The first-order chi connectivity index (χ1) is 12.7. The molecule has 0 aromatic heterocycles. The fraction of sp³-hybridized carbons (Fsp3) is 0.350. The predicted octanol–water partition coefficient (Wildman–Crippen LogP) is 4.56. The molecule has 0 aliphatic heterocycles. The van der Waals surface area contributed by atoms with Crippen molar-refractivity contribution in [3.05, 3.63) is 58.6 Å². The first kappa shape index (κ1) is 20.2. The molecule has 0 radical (unpaired) electrons. The Morgan fingerprint density at radius 1 is 1.11 bits per heavy atom. The molecule has 7 heteroatoms. The fourth-order valence-electron chi connectivity index (χ4n) is 2.33. The molecule has 2 aromatic carbocycles. The van der Waals surface area contributed by atoms with E-state index in [9.17, 15) is 14.9 Å². The molecular weight excluding hydrogens is 348 g/mol. The number of nitro benzene ring substituents is 1. The average molecular weight is 372 g/mol. The van der Waals surface area contributed by atoms with Crippen LogP contribution in [0.1, 0.15) is 27.2 Å². The standard InChI is InChI=1S/C20H24N2O5/c1-20(2,3)27-19(23)21-11-6-12-26-18-10-5-8-16(14-18)15-7-4-9-17(13-15)22(24)25/h4-5,7-10,13-14H,6,11-12H2,1-3H3,(H,21,23). The van der Waals surface area contributed by atoms with Crippen LogP contribution in [0.25, 0.3) is 11.1 Å². The Morgan fingerprint density at radius 3 is 2.44 bits per heavy atom. The van der Waals surface area contributed by atoms with Gasteiger partial charge < -0.3 is 14.8 Å². The van der Waals surface area contributed by atoms with Crippen LogP contribution in [0.2, 0.25) is 0 Å². The van der Waals surface area contributed by atoms with Gasteiger partial charge in [-0.1, -0.05) is 24.3 Å². The number of hydrogen-bond acceptors (Lipinski definition) is 5. The van der Waals surface area contributed by atoms with Crippen LogP contribution in [0.5, 0.6) is 5.75 Å². The molecule has 144 valence electrons. The van der Waals surface area contributed by atoms with Gasteiger partial charge in [0.15, 0.2) is 0 Å². The van der Waals surface area contributed by atoms with Crippen LogP contribution in [0.15, 0.2) is 48.5 Å². The topological polar surface area (TPSA) is 90.7 Å². The summed E-state index contributed by atoms with van der Waals surface area (Å²) in [4.78, 5) is 22.1. The second-order valence-electron chi connectivity index (χ2n) is 6.97. The molecule has 0 saturated carbocycles. The van der Waals surface area contributed by atoms with E-state index in [0.717, 1.165) is 11.1 Å². The number of rotatable bonds is 7. The lowest BCUT2D eigenvalue weighted by atomic mass is 10.1. The summed E-state index contributed by atoms with van der Waals surface area (Å²) in [6, 6.07) is 13.8. The molecule has 0 spiro atoms. The van der Waals surface area contributed by atoms with Crippen molar-refractivity contribution >= 4 is 11.8 Å². The highest BCUT2D eigenvalue weighted by Gasteiger charge is 2.15. The molecule has 2 rings (SSSR count). The predicted molar refractivity (Wildman–Crippen MR) is 103 cm³/mol. The zero-order chi connectivity index (χ0) is 19.9. The van der Waals surface area contributed by atoms with Gasteiger partial charge in [-0.25, -0.2) is 4.79 Å². The third-order valence-corrected chi connectivity index (χ3v) is 3.48. The Morgan fingerprint density at radius 2 is 1.78 bits per heavy atom. The number of ether oxygens (including phenoxy) is 2. The number of carbonyl (C=O) groups excluding carboxylic acids is 1. The zero-order valence-corrected chi connectivity index (χ0v) is 15.7. The van der Waals surface area contributed by atoms with Gasteiger partial charge in [-0.2, -0.15) is 0 Å². The molecule has 1 N–H and O–H groups in total. The van der Waals surface area contributed by atoms with Crippen molar-refractivity contribution in [1.82, 2.24) is 5.32 Å². The molecule has 0 aliphatic carbocycles. The molecule has 0 saturated heterocycles. The smallest absolute Gasteiger partial charge is 0.407 e. The van der Waals surface area contributed by atoms with Gasteiger partial charge in [0, 0.05) is 18.7 Å². The van der Waals surface area contributed by atoms with Gasteiger partial charge in [0.25, 0.3) is 5.69 Å². The minimum absolute atomic E-state index is 0.0482. The van der Waals surface area contributed by atoms with E-state index in [0.29, 0.717) is 25.3 Å². The number of nitrogens with one attached hydrogen (secondary N) is 1. The molecule has 0 fully saturated rings. The summed E-state index contributed by atoms with van der Waals surface area (Å²) in [7, 11) is 0. The molecule has 27 heavy (non-hydrogen) atoms. The molecule has 0 bridgehead atoms. The van der Waals surface area contributed by atoms with E-state index in [1.54, 1.807) is 6.07 Å². The Hall–Kier alpha value is -3.09. The molecule has 0 unspecified atom stereocenters. The maximum atomic E-state index is 11.5. The summed E-state index contributed by atoms with van der Waals surface area (Å²) in [5.41, 5.74) is 1.12. The third-order valence-electron chi connectivity index (χ3n) is 3.48. The second kappa shape index (κ2) is 9.02. The third kappa shape index (κ3) is 6.97. The number of benzene rings is 2. The van der Waals surface area contributed by atoms with E-state index < -0.39 is 16.6 Å². The Labute approximate surface area is 158 Å². The van der Waals surface area contributed by atoms with Crippen molar-refractivity contribution in [2.24, 2.45) is 0 Å². The molecule has 0 atom stereocenters. The van der Waals surface area contributed by atoms with Gasteiger partial charge in [0.2, 0.25) is 0 Å². The largest absolute Gasteiger partial charge is 0.494 e. The number of carbonyl (C=O) groups is 1. The number of non-ortho nitro benzene ring substituents is 1. The second-order valence-corrected chi connectivity index (χ2v) is 6.97. The summed E-state index contributed by atoms with van der Waals surface area (Å²) in [6.07, 6.45) is 0.176. The summed E-state index contributed by atoms with van der Waals surface area (Å²) >= 11 is 0. The molecular formula is C20H24N2O5. The summed E-state index contributed by atoms with van der Waals surface area (Å²) in [6.45, 7) is 6.30. The fourth-order valence-corrected chi connectivity index (χ4v) is 2.33. The monoisotopic (exact) mass is 372 g/mol. The lowest BCUT2D eigenvalue weighted by molar-refractivity contribution is -0.384. The molecule has 0 aliphatic rings. The van der Waals surface area contributed by atoms with Gasteiger partial charge in [-0.15, -0.1) is 0 Å². The Balaban J connectivity index is 1.85. The summed E-state index contributed by atoms with van der Waals surface area (Å²) in [5, 5.41) is 13.6. The van der Waals surface area contributed by atoms with Gasteiger partial charge in [0.05, 0.1) is 11.5 Å². The van der Waals surface area contributed by atoms with Crippen LogP contribution in [0.3, 0.4) is 0 Å². The SMILES string of the molecule is CC(C)(C)OC(=O)NCCCOc1cccc(-c2cccc([N+](=O)[O-])c2)c1. The van der Waals surface area contributed by atoms with E-state index in [1.165, 1.54) is 12.1 Å². The quantitative estimate of drug-likeness (QED) is 0.437. The first-order valence-electron chi connectivity index (χ1n) is 8.69. The minimum Gasteiger partial charge on any atom is -0.494 e. The average Bonchev–Trinajstić information content (AvgIpc) is 2.60. The molecule has 2 aromatic rings. The summed E-state index contributed by atoms with van der Waals surface area (Å²) < 4.78 is 10.9. The van der Waals surface area contributed by atoms with Crippen molar-refractivity contribution in [3.63, 3.8) is 0 Å². The van der Waals surface area contributed by atoms with Crippen LogP contribution >= 0.6 is 0 Å². The maximum absolute atomic E-state index is 11.5. The minimum atomic E-state index is -0.520. The normalized spacial score (nSPS) is 10.9. The highest BCUT2D eigenvalue weighted by molar-refractivity contribution is 5.68. The van der Waals surface area contributed by atoms with Crippen molar-refractivity contribution in [1.29, 1.82) is 0 Å². The van der Waals surface area contributed by atoms with Crippen LogP contribution in [0, 0.1) is 10.1 Å². The van der Waals surface area contributed by atoms with Crippen molar-refractivity contribution in [2.45, 2.75) is 32.8 Å². The van der Waals surface area contributed by atoms with E-state index in [1.807, 2.05) is 51.1 Å². The molecule has 0 heterocycles. The molecule has 1 amide bonds. The van der Waals surface area contributed by atoms with Crippen LogP contribution < -0.4 is 10.1 Å². The highest BCUT2D eigenvalue weighted by Crippen LogP contribution is 2.26. The molecule has 7 nitrogen and oxygen atoms in total.